The maximum absolute atomic E-state index is 12.9. The van der Waals surface area contributed by atoms with E-state index in [0.717, 1.165) is 12.2 Å². The van der Waals surface area contributed by atoms with Crippen LogP contribution in [0.3, 0.4) is 0 Å². The van der Waals surface area contributed by atoms with Gasteiger partial charge in [0.05, 0.1) is 7.11 Å². The normalized spacial score (nSPS) is 10.6. The molecule has 2 aromatic rings. The minimum absolute atomic E-state index is 0. The van der Waals surface area contributed by atoms with Gasteiger partial charge in [0.1, 0.15) is 18.1 Å². The van der Waals surface area contributed by atoms with Crippen molar-refractivity contribution in [3.63, 3.8) is 0 Å². The van der Waals surface area contributed by atoms with Crippen LogP contribution >= 0.6 is 24.0 Å². The number of nitrogens with one attached hydrogen (secondary N) is 3. The molecule has 0 aliphatic rings. The molecule has 6 nitrogen and oxygen atoms in total. The summed E-state index contributed by atoms with van der Waals surface area (Å²) in [5, 5.41) is 8.98. The first-order valence-electron chi connectivity index (χ1n) is 8.81. The van der Waals surface area contributed by atoms with E-state index in [4.69, 9.17) is 4.74 Å². The second-order valence-corrected chi connectivity index (χ2v) is 5.78. The van der Waals surface area contributed by atoms with E-state index in [9.17, 15) is 9.18 Å². The maximum atomic E-state index is 12.9. The lowest BCUT2D eigenvalue weighted by Crippen LogP contribution is -2.39. The zero-order chi connectivity index (χ0) is 19.5. The van der Waals surface area contributed by atoms with Crippen LogP contribution in [0.15, 0.2) is 53.5 Å². The summed E-state index contributed by atoms with van der Waals surface area (Å²) in [4.78, 5) is 16.3. The second kappa shape index (κ2) is 12.9. The largest absolute Gasteiger partial charge is 0.497 e. The van der Waals surface area contributed by atoms with E-state index in [1.165, 1.54) is 29.8 Å². The molecule has 2 rings (SSSR count). The molecule has 0 fully saturated rings. The molecule has 152 valence electrons. The number of aliphatic imine (C=N–C) groups is 1. The molecule has 0 bridgehead atoms. The van der Waals surface area contributed by atoms with E-state index in [1.807, 2.05) is 31.2 Å². The summed E-state index contributed by atoms with van der Waals surface area (Å²) in [5.74, 6) is 0.782. The van der Waals surface area contributed by atoms with Gasteiger partial charge < -0.3 is 20.7 Å². The standard InChI is InChI=1S/C20H25FN4O2.HI/c1-3-22-20(23-13-12-15-4-10-18(27-2)11-5-15)24-14-19(26)25-17-8-6-16(21)7-9-17;/h4-11H,3,12-14H2,1-2H3,(H,25,26)(H2,22,23,24);1H. The average molecular weight is 500 g/mol. The maximum Gasteiger partial charge on any atom is 0.246 e. The third kappa shape index (κ3) is 8.55. The van der Waals surface area contributed by atoms with Crippen LogP contribution in [0.2, 0.25) is 0 Å². The summed E-state index contributed by atoms with van der Waals surface area (Å²) in [5.41, 5.74) is 1.71. The van der Waals surface area contributed by atoms with E-state index < -0.39 is 0 Å². The highest BCUT2D eigenvalue weighted by molar-refractivity contribution is 14.0. The Bertz CT molecular complexity index is 752. The highest BCUT2D eigenvalue weighted by Gasteiger charge is 2.04. The van der Waals surface area contributed by atoms with Crippen molar-refractivity contribution in [3.8, 4) is 5.75 Å². The fourth-order valence-electron chi connectivity index (χ4n) is 2.34. The Kier molecular flexibility index (Phi) is 10.9. The molecule has 0 atom stereocenters. The third-order valence-corrected chi connectivity index (χ3v) is 3.72. The van der Waals surface area contributed by atoms with Crippen LogP contribution in [-0.2, 0) is 11.2 Å². The summed E-state index contributed by atoms with van der Waals surface area (Å²) in [6.45, 7) is 3.29. The fourth-order valence-corrected chi connectivity index (χ4v) is 2.34. The molecule has 0 unspecified atom stereocenters. The average Bonchev–Trinajstić information content (AvgIpc) is 2.68. The van der Waals surface area contributed by atoms with E-state index >= 15 is 0 Å². The molecule has 0 heterocycles. The molecule has 0 saturated carbocycles. The van der Waals surface area contributed by atoms with Gasteiger partial charge in [-0.05, 0) is 55.3 Å². The van der Waals surface area contributed by atoms with Gasteiger partial charge >= 0.3 is 0 Å². The van der Waals surface area contributed by atoms with Gasteiger partial charge in [-0.25, -0.2) is 9.38 Å². The Morgan fingerprint density at radius 1 is 1.07 bits per heavy atom. The van der Waals surface area contributed by atoms with Crippen LogP contribution in [0.25, 0.3) is 0 Å². The van der Waals surface area contributed by atoms with Crippen LogP contribution in [-0.4, -0.2) is 38.6 Å². The van der Waals surface area contributed by atoms with Crippen molar-refractivity contribution in [1.29, 1.82) is 0 Å². The first kappa shape index (κ1) is 23.7. The summed E-state index contributed by atoms with van der Waals surface area (Å²) in [6.07, 6.45) is 0.816. The van der Waals surface area contributed by atoms with Crippen LogP contribution in [0.1, 0.15) is 12.5 Å². The Labute approximate surface area is 182 Å². The van der Waals surface area contributed by atoms with Crippen molar-refractivity contribution in [1.82, 2.24) is 10.6 Å². The Morgan fingerprint density at radius 2 is 1.75 bits per heavy atom. The zero-order valence-electron chi connectivity index (χ0n) is 16.0. The summed E-state index contributed by atoms with van der Waals surface area (Å²) in [6, 6.07) is 13.5. The minimum atomic E-state index is -0.346. The second-order valence-electron chi connectivity index (χ2n) is 5.78. The van der Waals surface area contributed by atoms with Gasteiger partial charge in [-0.2, -0.15) is 0 Å². The van der Waals surface area contributed by atoms with Crippen LogP contribution < -0.4 is 20.7 Å². The van der Waals surface area contributed by atoms with Crippen molar-refractivity contribution >= 4 is 41.5 Å². The van der Waals surface area contributed by atoms with Gasteiger partial charge in [0, 0.05) is 18.8 Å². The fraction of sp³-hybridized carbons (Fsp3) is 0.300. The van der Waals surface area contributed by atoms with Gasteiger partial charge in [0.25, 0.3) is 0 Å². The van der Waals surface area contributed by atoms with Crippen molar-refractivity contribution in [2.75, 3.05) is 32.1 Å². The van der Waals surface area contributed by atoms with E-state index in [0.29, 0.717) is 24.7 Å². The van der Waals surface area contributed by atoms with Crippen molar-refractivity contribution in [2.45, 2.75) is 13.3 Å². The SMILES string of the molecule is CCNC(=NCC(=O)Nc1ccc(F)cc1)NCCc1ccc(OC)cc1.I. The summed E-state index contributed by atoms with van der Waals surface area (Å²) >= 11 is 0. The predicted molar refractivity (Wildman–Crippen MR) is 121 cm³/mol. The number of benzene rings is 2. The van der Waals surface area contributed by atoms with Crippen LogP contribution in [0, 0.1) is 5.82 Å². The smallest absolute Gasteiger partial charge is 0.246 e. The number of ether oxygens (including phenoxy) is 1. The molecule has 28 heavy (non-hydrogen) atoms. The molecule has 3 N–H and O–H groups in total. The number of halogens is 2. The molecule has 0 spiro atoms. The van der Waals surface area contributed by atoms with Crippen molar-refractivity contribution in [2.24, 2.45) is 4.99 Å². The first-order chi connectivity index (χ1) is 13.1. The minimum Gasteiger partial charge on any atom is -0.497 e. The number of carbonyl (C=O) groups excluding carboxylic acids is 1. The monoisotopic (exact) mass is 500 g/mol. The highest BCUT2D eigenvalue weighted by atomic mass is 127. The molecular formula is C20H26FIN4O2. The number of guanidine groups is 1. The lowest BCUT2D eigenvalue weighted by molar-refractivity contribution is -0.114. The van der Waals surface area contributed by atoms with Crippen molar-refractivity contribution < 1.29 is 13.9 Å². The van der Waals surface area contributed by atoms with E-state index in [-0.39, 0.29) is 42.2 Å². The van der Waals surface area contributed by atoms with Crippen molar-refractivity contribution in [3.05, 3.63) is 59.9 Å². The Hall–Kier alpha value is -2.36. The molecule has 1 amide bonds. The van der Waals surface area contributed by atoms with Gasteiger partial charge in [-0.15, -0.1) is 24.0 Å². The number of methoxy groups -OCH3 is 1. The van der Waals surface area contributed by atoms with Gasteiger partial charge in [-0.1, -0.05) is 12.1 Å². The predicted octanol–water partition coefficient (Wildman–Crippen LogP) is 3.19. The third-order valence-electron chi connectivity index (χ3n) is 3.72. The van der Waals surface area contributed by atoms with Gasteiger partial charge in [0.2, 0.25) is 5.91 Å². The molecule has 0 radical (unpaired) electrons. The van der Waals surface area contributed by atoms with Gasteiger partial charge in [0.15, 0.2) is 5.96 Å². The summed E-state index contributed by atoms with van der Waals surface area (Å²) in [7, 11) is 1.64. The Balaban J connectivity index is 0.00000392. The lowest BCUT2D eigenvalue weighted by atomic mass is 10.1. The molecule has 0 aliphatic heterocycles. The quantitative estimate of drug-likeness (QED) is 0.296. The number of nitrogens with zero attached hydrogens (tertiary/aromatic N) is 1. The molecule has 8 heteroatoms. The molecular weight excluding hydrogens is 474 g/mol. The van der Waals surface area contributed by atoms with E-state index in [1.54, 1.807) is 7.11 Å². The topological polar surface area (TPSA) is 74.8 Å². The van der Waals surface area contributed by atoms with Gasteiger partial charge in [-0.3, -0.25) is 4.79 Å². The molecule has 0 aliphatic carbocycles. The molecule has 0 aromatic heterocycles. The zero-order valence-corrected chi connectivity index (χ0v) is 18.3. The highest BCUT2D eigenvalue weighted by Crippen LogP contribution is 2.11. The first-order valence-corrected chi connectivity index (χ1v) is 8.81. The number of carbonyl (C=O) groups is 1. The Morgan fingerprint density at radius 3 is 2.36 bits per heavy atom. The van der Waals surface area contributed by atoms with Crippen LogP contribution in [0.4, 0.5) is 10.1 Å². The van der Waals surface area contributed by atoms with E-state index in [2.05, 4.69) is 20.9 Å². The number of amides is 1. The van der Waals surface area contributed by atoms with Crippen LogP contribution in [0.5, 0.6) is 5.75 Å². The molecule has 2 aromatic carbocycles. The molecule has 0 saturated heterocycles. The lowest BCUT2D eigenvalue weighted by Gasteiger charge is -2.11. The number of hydrogen-bond donors (Lipinski definition) is 3. The number of rotatable bonds is 8. The number of hydrogen-bond acceptors (Lipinski definition) is 3. The summed E-state index contributed by atoms with van der Waals surface area (Å²) < 4.78 is 18.0. The number of anilines is 1.